The Balaban J connectivity index is 2.92. The quantitative estimate of drug-likeness (QED) is 0.260. The number of nitrogens with zero attached hydrogens (tertiary/aromatic N) is 4. The van der Waals surface area contributed by atoms with Gasteiger partial charge >= 0.3 is 0 Å². The van der Waals surface area contributed by atoms with Crippen LogP contribution in [-0.4, -0.2) is 17.6 Å². The van der Waals surface area contributed by atoms with Gasteiger partial charge in [-0.25, -0.2) is 4.39 Å². The molecule has 90 valence electrons. The van der Waals surface area contributed by atoms with Gasteiger partial charge in [0.05, 0.1) is 4.92 Å². The number of nitro benzene ring substituents is 1. The number of nitro groups is 1. The predicted octanol–water partition coefficient (Wildman–Crippen LogP) is 3.25. The zero-order valence-corrected chi connectivity index (χ0v) is 8.53. The standard InChI is InChI=1S/C9H8F2N4O2/c10-5-8(13-14-12)9(11)6-1-3-7(4-2-6)15(16)17/h1-4,8-9H,5H2. The Bertz CT molecular complexity index is 445. The van der Waals surface area contributed by atoms with Gasteiger partial charge in [-0.2, -0.15) is 0 Å². The summed E-state index contributed by atoms with van der Waals surface area (Å²) in [5, 5.41) is 13.3. The van der Waals surface area contributed by atoms with Gasteiger partial charge in [-0.15, -0.1) is 0 Å². The predicted molar refractivity (Wildman–Crippen MR) is 55.9 cm³/mol. The maximum atomic E-state index is 13.6. The molecule has 2 unspecified atom stereocenters. The summed E-state index contributed by atoms with van der Waals surface area (Å²) in [6.07, 6.45) is -1.82. The number of non-ortho nitro benzene ring substituents is 1. The first-order valence-electron chi connectivity index (χ1n) is 4.58. The van der Waals surface area contributed by atoms with E-state index in [1.54, 1.807) is 0 Å². The van der Waals surface area contributed by atoms with Crippen molar-refractivity contribution in [3.63, 3.8) is 0 Å². The highest BCUT2D eigenvalue weighted by atomic mass is 19.1. The molecular weight excluding hydrogens is 234 g/mol. The minimum atomic E-state index is -1.82. The number of benzene rings is 1. The van der Waals surface area contributed by atoms with Crippen molar-refractivity contribution in [3.05, 3.63) is 50.4 Å². The molecule has 0 saturated carbocycles. The Labute approximate surface area is 94.6 Å². The van der Waals surface area contributed by atoms with Gasteiger partial charge in [-0.05, 0) is 23.2 Å². The lowest BCUT2D eigenvalue weighted by Crippen LogP contribution is -2.14. The molecule has 1 aromatic carbocycles. The van der Waals surface area contributed by atoms with Crippen molar-refractivity contribution in [2.45, 2.75) is 12.2 Å². The van der Waals surface area contributed by atoms with Crippen LogP contribution in [0.25, 0.3) is 10.4 Å². The topological polar surface area (TPSA) is 91.9 Å². The molecule has 0 aliphatic rings. The monoisotopic (exact) mass is 242 g/mol. The van der Waals surface area contributed by atoms with Crippen LogP contribution in [0.2, 0.25) is 0 Å². The molecule has 0 spiro atoms. The number of hydrogen-bond donors (Lipinski definition) is 0. The first-order chi connectivity index (χ1) is 8.10. The molecule has 2 atom stereocenters. The molecule has 6 nitrogen and oxygen atoms in total. The third-order valence-corrected chi connectivity index (χ3v) is 2.12. The van der Waals surface area contributed by atoms with E-state index in [9.17, 15) is 18.9 Å². The molecule has 0 bridgehead atoms. The second-order valence-electron chi connectivity index (χ2n) is 3.18. The van der Waals surface area contributed by atoms with Gasteiger partial charge in [0, 0.05) is 17.0 Å². The van der Waals surface area contributed by atoms with E-state index < -0.39 is 23.8 Å². The summed E-state index contributed by atoms with van der Waals surface area (Å²) >= 11 is 0. The third kappa shape index (κ3) is 3.12. The molecule has 0 amide bonds. The van der Waals surface area contributed by atoms with Crippen LogP contribution in [0.3, 0.4) is 0 Å². The fourth-order valence-corrected chi connectivity index (χ4v) is 1.24. The van der Waals surface area contributed by atoms with Crippen molar-refractivity contribution in [2.75, 3.05) is 6.67 Å². The molecule has 0 fully saturated rings. The molecule has 1 rings (SSSR count). The van der Waals surface area contributed by atoms with Crippen molar-refractivity contribution in [1.29, 1.82) is 0 Å². The van der Waals surface area contributed by atoms with Gasteiger partial charge < -0.3 is 0 Å². The first kappa shape index (κ1) is 12.9. The lowest BCUT2D eigenvalue weighted by atomic mass is 10.0. The van der Waals surface area contributed by atoms with E-state index in [1.165, 1.54) is 12.1 Å². The number of halogens is 2. The van der Waals surface area contributed by atoms with Crippen LogP contribution in [0.15, 0.2) is 29.4 Å². The second kappa shape index (κ2) is 5.76. The second-order valence-corrected chi connectivity index (χ2v) is 3.18. The van der Waals surface area contributed by atoms with Gasteiger partial charge in [0.15, 0.2) is 0 Å². The molecule has 0 N–H and O–H groups in total. The highest BCUT2D eigenvalue weighted by molar-refractivity contribution is 5.34. The van der Waals surface area contributed by atoms with Crippen molar-refractivity contribution in [3.8, 4) is 0 Å². The molecule has 0 saturated heterocycles. The Morgan fingerprint density at radius 3 is 2.47 bits per heavy atom. The molecule has 0 aliphatic heterocycles. The highest BCUT2D eigenvalue weighted by Gasteiger charge is 2.22. The average molecular weight is 242 g/mol. The summed E-state index contributed by atoms with van der Waals surface area (Å²) in [5.74, 6) is 0. The van der Waals surface area contributed by atoms with Crippen LogP contribution < -0.4 is 0 Å². The van der Waals surface area contributed by atoms with E-state index >= 15 is 0 Å². The Morgan fingerprint density at radius 2 is 2.06 bits per heavy atom. The van der Waals surface area contributed by atoms with Gasteiger partial charge in [0.25, 0.3) is 5.69 Å². The molecular formula is C9H8F2N4O2. The van der Waals surface area contributed by atoms with Crippen LogP contribution in [-0.2, 0) is 0 Å². The Hall–Kier alpha value is -2.21. The van der Waals surface area contributed by atoms with Crippen LogP contribution in [0.1, 0.15) is 11.7 Å². The van der Waals surface area contributed by atoms with E-state index in [0.29, 0.717) is 0 Å². The molecule has 0 radical (unpaired) electrons. The summed E-state index contributed by atoms with van der Waals surface area (Å²) in [4.78, 5) is 12.1. The number of alkyl halides is 2. The molecule has 0 aliphatic carbocycles. The van der Waals surface area contributed by atoms with Gasteiger partial charge in [0.1, 0.15) is 18.9 Å². The number of rotatable bonds is 5. The summed E-state index contributed by atoms with van der Waals surface area (Å²) in [6.45, 7) is -1.14. The van der Waals surface area contributed by atoms with Crippen molar-refractivity contribution in [1.82, 2.24) is 0 Å². The maximum Gasteiger partial charge on any atom is 0.269 e. The van der Waals surface area contributed by atoms with Crippen LogP contribution >= 0.6 is 0 Å². The largest absolute Gasteiger partial charge is 0.269 e. The summed E-state index contributed by atoms with van der Waals surface area (Å²) < 4.78 is 26.0. The fraction of sp³-hybridized carbons (Fsp3) is 0.333. The minimum absolute atomic E-state index is 0.0330. The van der Waals surface area contributed by atoms with Crippen molar-refractivity contribution < 1.29 is 13.7 Å². The number of hydrogen-bond acceptors (Lipinski definition) is 3. The van der Waals surface area contributed by atoms with Gasteiger partial charge in [0.2, 0.25) is 0 Å². The van der Waals surface area contributed by atoms with E-state index in [-0.39, 0.29) is 11.3 Å². The van der Waals surface area contributed by atoms with E-state index in [0.717, 1.165) is 12.1 Å². The lowest BCUT2D eigenvalue weighted by Gasteiger charge is -2.12. The van der Waals surface area contributed by atoms with Crippen molar-refractivity contribution in [2.24, 2.45) is 5.11 Å². The van der Waals surface area contributed by atoms with Crippen LogP contribution in [0, 0.1) is 10.1 Å². The molecule has 0 heterocycles. The smallest absolute Gasteiger partial charge is 0.258 e. The lowest BCUT2D eigenvalue weighted by molar-refractivity contribution is -0.384. The van der Waals surface area contributed by atoms with E-state index in [2.05, 4.69) is 10.0 Å². The summed E-state index contributed by atoms with van der Waals surface area (Å²) in [5.41, 5.74) is 7.96. The Kier molecular flexibility index (Phi) is 4.36. The SMILES string of the molecule is [N-]=[N+]=NC(CF)C(F)c1ccc([N+](=O)[O-])cc1. The molecule has 17 heavy (non-hydrogen) atoms. The summed E-state index contributed by atoms with van der Waals surface area (Å²) in [7, 11) is 0. The van der Waals surface area contributed by atoms with Crippen LogP contribution in [0.5, 0.6) is 0 Å². The van der Waals surface area contributed by atoms with Gasteiger partial charge in [-0.3, -0.25) is 14.5 Å². The first-order valence-corrected chi connectivity index (χ1v) is 4.58. The molecule has 1 aromatic rings. The maximum absolute atomic E-state index is 13.6. The molecule has 8 heteroatoms. The van der Waals surface area contributed by atoms with Crippen molar-refractivity contribution >= 4 is 5.69 Å². The van der Waals surface area contributed by atoms with Crippen LogP contribution in [0.4, 0.5) is 14.5 Å². The number of azide groups is 1. The normalized spacial score (nSPS) is 13.5. The zero-order valence-electron chi connectivity index (χ0n) is 8.53. The van der Waals surface area contributed by atoms with E-state index in [4.69, 9.17) is 5.53 Å². The summed E-state index contributed by atoms with van der Waals surface area (Å²) in [6, 6.07) is 3.08. The van der Waals surface area contributed by atoms with Gasteiger partial charge in [-0.1, -0.05) is 5.11 Å². The zero-order chi connectivity index (χ0) is 12.8. The minimum Gasteiger partial charge on any atom is -0.258 e. The fourth-order valence-electron chi connectivity index (χ4n) is 1.24. The highest BCUT2D eigenvalue weighted by Crippen LogP contribution is 2.26. The third-order valence-electron chi connectivity index (χ3n) is 2.12. The Morgan fingerprint density at radius 1 is 1.47 bits per heavy atom. The molecule has 0 aromatic heterocycles. The van der Waals surface area contributed by atoms with E-state index in [1.807, 2.05) is 0 Å². The average Bonchev–Trinajstić information content (AvgIpc) is 2.35.